The van der Waals surface area contributed by atoms with Crippen LogP contribution in [-0.4, -0.2) is 44.1 Å². The Bertz CT molecular complexity index is 907. The third-order valence-electron chi connectivity index (χ3n) is 4.94. The second kappa shape index (κ2) is 8.75. The lowest BCUT2D eigenvalue weighted by atomic mass is 10.1. The Morgan fingerprint density at radius 1 is 1.07 bits per heavy atom. The first-order valence-electron chi connectivity index (χ1n) is 9.41. The highest BCUT2D eigenvalue weighted by Gasteiger charge is 2.27. The van der Waals surface area contributed by atoms with Gasteiger partial charge in [-0.15, -0.1) is 0 Å². The Labute approximate surface area is 166 Å². The SMILES string of the molecule is C[C@@H](NC(=O)c1ccccc1OC1CCN(S(C)(=O)=O)CC1)c1ccccc1. The third-order valence-corrected chi connectivity index (χ3v) is 6.25. The quantitative estimate of drug-likeness (QED) is 0.806. The molecule has 150 valence electrons. The molecule has 3 rings (SSSR count). The highest BCUT2D eigenvalue weighted by atomic mass is 32.2. The van der Waals surface area contributed by atoms with Crippen molar-refractivity contribution in [3.05, 3.63) is 65.7 Å². The van der Waals surface area contributed by atoms with Gasteiger partial charge in [0.1, 0.15) is 11.9 Å². The molecule has 0 aliphatic carbocycles. The number of carbonyl (C=O) groups is 1. The van der Waals surface area contributed by atoms with Crippen LogP contribution in [0.2, 0.25) is 0 Å². The first-order valence-corrected chi connectivity index (χ1v) is 11.3. The van der Waals surface area contributed by atoms with Gasteiger partial charge in [0.2, 0.25) is 10.0 Å². The molecule has 1 amide bonds. The Morgan fingerprint density at radius 3 is 2.32 bits per heavy atom. The average Bonchev–Trinajstić information content (AvgIpc) is 2.68. The van der Waals surface area contributed by atoms with Crippen LogP contribution in [0.4, 0.5) is 0 Å². The number of hydrogen-bond acceptors (Lipinski definition) is 4. The number of nitrogens with one attached hydrogen (secondary N) is 1. The molecule has 0 radical (unpaired) electrons. The molecule has 1 N–H and O–H groups in total. The first kappa shape index (κ1) is 20.4. The molecule has 0 aromatic heterocycles. The van der Waals surface area contributed by atoms with Crippen LogP contribution in [0, 0.1) is 0 Å². The number of amides is 1. The summed E-state index contributed by atoms with van der Waals surface area (Å²) in [5, 5.41) is 3.01. The summed E-state index contributed by atoms with van der Waals surface area (Å²) in [6.07, 6.45) is 2.31. The molecule has 6 nitrogen and oxygen atoms in total. The molecule has 1 saturated heterocycles. The molecule has 28 heavy (non-hydrogen) atoms. The van der Waals surface area contributed by atoms with Crippen molar-refractivity contribution in [1.29, 1.82) is 0 Å². The Kier molecular flexibility index (Phi) is 6.36. The maximum atomic E-state index is 12.8. The molecule has 1 heterocycles. The largest absolute Gasteiger partial charge is 0.489 e. The highest BCUT2D eigenvalue weighted by molar-refractivity contribution is 7.88. The van der Waals surface area contributed by atoms with Crippen LogP contribution in [0.1, 0.15) is 41.7 Å². The van der Waals surface area contributed by atoms with Crippen molar-refractivity contribution in [1.82, 2.24) is 9.62 Å². The number of ether oxygens (including phenoxy) is 1. The molecule has 1 aliphatic heterocycles. The van der Waals surface area contributed by atoms with Crippen molar-refractivity contribution in [2.24, 2.45) is 0 Å². The summed E-state index contributed by atoms with van der Waals surface area (Å²) in [6.45, 7) is 2.81. The maximum absolute atomic E-state index is 12.8. The second-order valence-electron chi connectivity index (χ2n) is 7.08. The van der Waals surface area contributed by atoms with E-state index in [4.69, 9.17) is 4.74 Å². The summed E-state index contributed by atoms with van der Waals surface area (Å²) in [5.74, 6) is 0.332. The summed E-state index contributed by atoms with van der Waals surface area (Å²) < 4.78 is 30.8. The fraction of sp³-hybridized carbons (Fsp3) is 0.381. The highest BCUT2D eigenvalue weighted by Crippen LogP contribution is 2.24. The van der Waals surface area contributed by atoms with Crippen LogP contribution < -0.4 is 10.1 Å². The van der Waals surface area contributed by atoms with Gasteiger partial charge in [0.05, 0.1) is 17.9 Å². The van der Waals surface area contributed by atoms with Crippen molar-refractivity contribution in [3.8, 4) is 5.75 Å². The van der Waals surface area contributed by atoms with Gasteiger partial charge in [-0.2, -0.15) is 0 Å². The Balaban J connectivity index is 1.65. The van der Waals surface area contributed by atoms with Gasteiger partial charge in [-0.1, -0.05) is 42.5 Å². The van der Waals surface area contributed by atoms with Crippen LogP contribution in [-0.2, 0) is 10.0 Å². The van der Waals surface area contributed by atoms with E-state index in [1.807, 2.05) is 43.3 Å². The predicted molar refractivity (Wildman–Crippen MR) is 109 cm³/mol. The topological polar surface area (TPSA) is 75.7 Å². The zero-order valence-electron chi connectivity index (χ0n) is 16.2. The van der Waals surface area contributed by atoms with E-state index >= 15 is 0 Å². The second-order valence-corrected chi connectivity index (χ2v) is 9.06. The number of para-hydroxylation sites is 1. The molecule has 1 atom stereocenters. The Morgan fingerprint density at radius 2 is 1.68 bits per heavy atom. The fourth-order valence-electron chi connectivity index (χ4n) is 3.32. The number of sulfonamides is 1. The number of carbonyl (C=O) groups excluding carboxylic acids is 1. The van der Waals surface area contributed by atoms with Crippen molar-refractivity contribution >= 4 is 15.9 Å². The zero-order valence-corrected chi connectivity index (χ0v) is 17.0. The van der Waals surface area contributed by atoms with E-state index in [0.717, 1.165) is 5.56 Å². The minimum atomic E-state index is -3.17. The molecule has 2 aromatic carbocycles. The van der Waals surface area contributed by atoms with Crippen molar-refractivity contribution in [2.45, 2.75) is 31.9 Å². The van der Waals surface area contributed by atoms with Crippen molar-refractivity contribution in [2.75, 3.05) is 19.3 Å². The van der Waals surface area contributed by atoms with E-state index in [2.05, 4.69) is 5.32 Å². The fourth-order valence-corrected chi connectivity index (χ4v) is 4.19. The summed E-state index contributed by atoms with van der Waals surface area (Å²) in [5.41, 5.74) is 1.51. The van der Waals surface area contributed by atoms with Crippen LogP contribution in [0.25, 0.3) is 0 Å². The summed E-state index contributed by atoms with van der Waals surface area (Å²) >= 11 is 0. The van der Waals surface area contributed by atoms with Gasteiger partial charge in [-0.05, 0) is 37.5 Å². The normalized spacial score (nSPS) is 17.1. The predicted octanol–water partition coefficient (Wildman–Crippen LogP) is 2.98. The number of benzene rings is 2. The lowest BCUT2D eigenvalue weighted by Gasteiger charge is -2.30. The number of piperidine rings is 1. The third kappa shape index (κ3) is 5.11. The van der Waals surface area contributed by atoms with E-state index < -0.39 is 10.0 Å². The van der Waals surface area contributed by atoms with Crippen LogP contribution in [0.3, 0.4) is 0 Å². The van der Waals surface area contributed by atoms with Gasteiger partial charge >= 0.3 is 0 Å². The average molecular weight is 403 g/mol. The molecule has 7 heteroatoms. The van der Waals surface area contributed by atoms with E-state index in [9.17, 15) is 13.2 Å². The molecule has 0 unspecified atom stereocenters. The minimum absolute atomic E-state index is 0.113. The van der Waals surface area contributed by atoms with E-state index in [1.165, 1.54) is 10.6 Å². The number of hydrogen-bond donors (Lipinski definition) is 1. The summed E-state index contributed by atoms with van der Waals surface area (Å²) in [7, 11) is -3.17. The van der Waals surface area contributed by atoms with Gasteiger partial charge in [0, 0.05) is 13.1 Å². The molecular formula is C21H26N2O4S. The molecule has 0 saturated carbocycles. The first-order chi connectivity index (χ1) is 13.3. The molecular weight excluding hydrogens is 376 g/mol. The summed E-state index contributed by atoms with van der Waals surface area (Å²) in [4.78, 5) is 12.8. The standard InChI is InChI=1S/C21H26N2O4S/c1-16(17-8-4-3-5-9-17)22-21(24)19-10-6-7-11-20(19)27-18-12-14-23(15-13-18)28(2,25)26/h3-11,16,18H,12-15H2,1-2H3,(H,22,24)/t16-/m1/s1. The van der Waals surface area contributed by atoms with E-state index in [0.29, 0.717) is 37.2 Å². The zero-order chi connectivity index (χ0) is 20.1. The van der Waals surface area contributed by atoms with Gasteiger partial charge in [0.15, 0.2) is 0 Å². The lowest BCUT2D eigenvalue weighted by molar-refractivity contribution is 0.0925. The van der Waals surface area contributed by atoms with Crippen molar-refractivity contribution < 1.29 is 17.9 Å². The van der Waals surface area contributed by atoms with Gasteiger partial charge < -0.3 is 10.1 Å². The molecule has 1 fully saturated rings. The van der Waals surface area contributed by atoms with Crippen molar-refractivity contribution in [3.63, 3.8) is 0 Å². The van der Waals surface area contributed by atoms with E-state index in [-0.39, 0.29) is 18.1 Å². The van der Waals surface area contributed by atoms with Crippen LogP contribution in [0.5, 0.6) is 5.75 Å². The van der Waals surface area contributed by atoms with Crippen LogP contribution >= 0.6 is 0 Å². The number of rotatable bonds is 6. The molecule has 2 aromatic rings. The Hall–Kier alpha value is -2.38. The number of nitrogens with zero attached hydrogens (tertiary/aromatic N) is 1. The minimum Gasteiger partial charge on any atom is -0.489 e. The summed E-state index contributed by atoms with van der Waals surface area (Å²) in [6, 6.07) is 16.8. The lowest BCUT2D eigenvalue weighted by Crippen LogP contribution is -2.41. The monoisotopic (exact) mass is 402 g/mol. The van der Waals surface area contributed by atoms with Gasteiger partial charge in [0.25, 0.3) is 5.91 Å². The molecule has 1 aliphatic rings. The maximum Gasteiger partial charge on any atom is 0.255 e. The van der Waals surface area contributed by atoms with Gasteiger partial charge in [-0.3, -0.25) is 4.79 Å². The smallest absolute Gasteiger partial charge is 0.255 e. The van der Waals surface area contributed by atoms with Crippen LogP contribution in [0.15, 0.2) is 54.6 Å². The molecule has 0 bridgehead atoms. The van der Waals surface area contributed by atoms with Gasteiger partial charge in [-0.25, -0.2) is 12.7 Å². The molecule has 0 spiro atoms. The van der Waals surface area contributed by atoms with E-state index in [1.54, 1.807) is 18.2 Å².